The van der Waals surface area contributed by atoms with Crippen LogP contribution < -0.4 is 20.5 Å². The average molecular weight is 338 g/mol. The lowest BCUT2D eigenvalue weighted by molar-refractivity contribution is 0.405. The van der Waals surface area contributed by atoms with E-state index in [1.165, 1.54) is 12.1 Å². The van der Waals surface area contributed by atoms with Gasteiger partial charge in [-0.1, -0.05) is 17.7 Å². The van der Waals surface area contributed by atoms with Crippen LogP contribution in [0, 0.1) is 5.82 Å². The van der Waals surface area contributed by atoms with Gasteiger partial charge in [0.05, 0.1) is 31.5 Å². The molecule has 0 fully saturated rings. The molecule has 0 aliphatic rings. The molecule has 0 atom stereocenters. The first-order chi connectivity index (χ1) is 11.0. The van der Waals surface area contributed by atoms with E-state index in [4.69, 9.17) is 26.8 Å². The zero-order valence-corrected chi connectivity index (χ0v) is 13.5. The summed E-state index contributed by atoms with van der Waals surface area (Å²) in [6.45, 7) is 0.269. The highest BCUT2D eigenvalue weighted by atomic mass is 35.5. The van der Waals surface area contributed by atoms with Crippen molar-refractivity contribution >= 4 is 23.2 Å². The fourth-order valence-electron chi connectivity index (χ4n) is 1.90. The van der Waals surface area contributed by atoms with Gasteiger partial charge in [0.25, 0.3) is 0 Å². The number of methoxy groups -OCH3 is 2. The van der Waals surface area contributed by atoms with E-state index in [1.807, 2.05) is 0 Å². The largest absolute Gasteiger partial charge is 0.497 e. The van der Waals surface area contributed by atoms with Crippen LogP contribution in [0.3, 0.4) is 0 Å². The second-order valence-electron chi connectivity index (χ2n) is 4.64. The van der Waals surface area contributed by atoms with E-state index in [0.29, 0.717) is 17.2 Å². The van der Waals surface area contributed by atoms with Crippen LogP contribution in [0.4, 0.5) is 10.1 Å². The first kappa shape index (κ1) is 16.9. The van der Waals surface area contributed by atoms with Crippen LogP contribution in [0.2, 0.25) is 5.02 Å². The molecule has 0 spiro atoms. The number of nitrogens with two attached hydrogens (primary N) is 1. The van der Waals surface area contributed by atoms with Gasteiger partial charge in [-0.05, 0) is 29.8 Å². The van der Waals surface area contributed by atoms with E-state index < -0.39 is 5.82 Å². The Labute approximate surface area is 138 Å². The van der Waals surface area contributed by atoms with Crippen LogP contribution in [-0.4, -0.2) is 20.2 Å². The predicted octanol–water partition coefficient (Wildman–Crippen LogP) is 3.42. The monoisotopic (exact) mass is 337 g/mol. The molecular formula is C16H17ClFN3O2. The zero-order chi connectivity index (χ0) is 16.8. The van der Waals surface area contributed by atoms with Crippen molar-refractivity contribution in [2.24, 2.45) is 10.7 Å². The first-order valence-electron chi connectivity index (χ1n) is 6.76. The van der Waals surface area contributed by atoms with Crippen molar-refractivity contribution in [3.05, 3.63) is 52.8 Å². The van der Waals surface area contributed by atoms with Crippen molar-refractivity contribution < 1.29 is 13.9 Å². The Morgan fingerprint density at radius 2 is 2.00 bits per heavy atom. The minimum atomic E-state index is -0.466. The maximum Gasteiger partial charge on any atom is 0.193 e. The van der Waals surface area contributed by atoms with Gasteiger partial charge in [-0.25, -0.2) is 9.38 Å². The molecule has 0 heterocycles. The summed E-state index contributed by atoms with van der Waals surface area (Å²) in [5.41, 5.74) is 7.25. The van der Waals surface area contributed by atoms with E-state index >= 15 is 0 Å². The summed E-state index contributed by atoms with van der Waals surface area (Å²) in [5, 5.41) is 3.00. The Bertz CT molecular complexity index is 722. The van der Waals surface area contributed by atoms with Crippen molar-refractivity contribution in [1.82, 2.24) is 0 Å². The molecule has 0 unspecified atom stereocenters. The van der Waals surface area contributed by atoms with Gasteiger partial charge in [0.2, 0.25) is 0 Å². The highest BCUT2D eigenvalue weighted by Gasteiger charge is 2.06. The molecule has 0 bridgehead atoms. The SMILES string of the molecule is COc1ccc(OC)c(NC(N)=NCc2ccc(F)c(Cl)c2)c1. The third-order valence-electron chi connectivity index (χ3n) is 3.09. The summed E-state index contributed by atoms with van der Waals surface area (Å²) in [7, 11) is 3.13. The van der Waals surface area contributed by atoms with Gasteiger partial charge in [0.15, 0.2) is 5.96 Å². The highest BCUT2D eigenvalue weighted by Crippen LogP contribution is 2.28. The van der Waals surface area contributed by atoms with Crippen molar-refractivity contribution in [3.8, 4) is 11.5 Å². The third-order valence-corrected chi connectivity index (χ3v) is 3.38. The summed E-state index contributed by atoms with van der Waals surface area (Å²) in [6.07, 6.45) is 0. The molecule has 122 valence electrons. The number of nitrogens with one attached hydrogen (secondary N) is 1. The fraction of sp³-hybridized carbons (Fsp3) is 0.188. The standard InChI is InChI=1S/C16H17ClFN3O2/c1-22-11-4-6-15(23-2)14(8-11)21-16(19)20-9-10-3-5-13(18)12(17)7-10/h3-8H,9H2,1-2H3,(H3,19,20,21). The van der Waals surface area contributed by atoms with Crippen molar-refractivity contribution in [1.29, 1.82) is 0 Å². The molecule has 23 heavy (non-hydrogen) atoms. The molecular weight excluding hydrogens is 321 g/mol. The number of hydrogen-bond donors (Lipinski definition) is 2. The molecule has 3 N–H and O–H groups in total. The highest BCUT2D eigenvalue weighted by molar-refractivity contribution is 6.30. The van der Waals surface area contributed by atoms with Gasteiger partial charge in [-0.2, -0.15) is 0 Å². The van der Waals surface area contributed by atoms with E-state index in [-0.39, 0.29) is 17.5 Å². The number of benzene rings is 2. The zero-order valence-electron chi connectivity index (χ0n) is 12.8. The first-order valence-corrected chi connectivity index (χ1v) is 7.14. The lowest BCUT2D eigenvalue weighted by Gasteiger charge is -2.12. The Morgan fingerprint density at radius 1 is 1.22 bits per heavy atom. The minimum absolute atomic E-state index is 0.0543. The van der Waals surface area contributed by atoms with E-state index in [1.54, 1.807) is 38.5 Å². The van der Waals surface area contributed by atoms with E-state index in [9.17, 15) is 4.39 Å². The average Bonchev–Trinajstić information content (AvgIpc) is 2.55. The molecule has 2 aromatic carbocycles. The van der Waals surface area contributed by atoms with Crippen LogP contribution >= 0.6 is 11.6 Å². The smallest absolute Gasteiger partial charge is 0.193 e. The van der Waals surface area contributed by atoms with Crippen molar-refractivity contribution in [2.45, 2.75) is 6.54 Å². The lowest BCUT2D eigenvalue weighted by atomic mass is 10.2. The quantitative estimate of drug-likeness (QED) is 0.648. The molecule has 0 aliphatic carbocycles. The van der Waals surface area contributed by atoms with Crippen molar-refractivity contribution in [3.63, 3.8) is 0 Å². The molecule has 7 heteroatoms. The molecule has 0 saturated carbocycles. The second kappa shape index (κ2) is 7.69. The molecule has 0 saturated heterocycles. The van der Waals surface area contributed by atoms with Crippen LogP contribution in [-0.2, 0) is 6.54 Å². The summed E-state index contributed by atoms with van der Waals surface area (Å²) in [5.74, 6) is 0.990. The summed E-state index contributed by atoms with van der Waals surface area (Å²) in [4.78, 5) is 4.20. The second-order valence-corrected chi connectivity index (χ2v) is 5.05. The predicted molar refractivity (Wildman–Crippen MR) is 89.9 cm³/mol. The Morgan fingerprint density at radius 3 is 2.65 bits per heavy atom. The van der Waals surface area contributed by atoms with Crippen LogP contribution in [0.15, 0.2) is 41.4 Å². The maximum absolute atomic E-state index is 13.1. The number of aliphatic imine (C=N–C) groups is 1. The number of anilines is 1. The van der Waals surface area contributed by atoms with Gasteiger partial charge in [-0.3, -0.25) is 0 Å². The Hall–Kier alpha value is -2.47. The number of rotatable bonds is 5. The van der Waals surface area contributed by atoms with Crippen LogP contribution in [0.25, 0.3) is 0 Å². The van der Waals surface area contributed by atoms with Gasteiger partial charge in [0, 0.05) is 6.07 Å². The topological polar surface area (TPSA) is 68.9 Å². The molecule has 5 nitrogen and oxygen atoms in total. The van der Waals surface area contributed by atoms with Gasteiger partial charge in [-0.15, -0.1) is 0 Å². The molecule has 0 aromatic heterocycles. The van der Waals surface area contributed by atoms with Gasteiger partial charge >= 0.3 is 0 Å². The lowest BCUT2D eigenvalue weighted by Crippen LogP contribution is -2.23. The van der Waals surface area contributed by atoms with E-state index in [2.05, 4.69) is 10.3 Å². The minimum Gasteiger partial charge on any atom is -0.497 e. The summed E-state index contributed by atoms with van der Waals surface area (Å²) in [6, 6.07) is 9.69. The number of ether oxygens (including phenoxy) is 2. The van der Waals surface area contributed by atoms with Gasteiger partial charge < -0.3 is 20.5 Å². The Balaban J connectivity index is 2.11. The number of guanidine groups is 1. The number of halogens is 2. The molecule has 2 aromatic rings. The van der Waals surface area contributed by atoms with Crippen molar-refractivity contribution in [2.75, 3.05) is 19.5 Å². The number of nitrogens with zero attached hydrogens (tertiary/aromatic N) is 1. The van der Waals surface area contributed by atoms with Crippen LogP contribution in [0.1, 0.15) is 5.56 Å². The molecule has 0 aliphatic heterocycles. The molecule has 0 radical (unpaired) electrons. The van der Waals surface area contributed by atoms with Gasteiger partial charge in [0.1, 0.15) is 17.3 Å². The third kappa shape index (κ3) is 4.50. The fourth-order valence-corrected chi connectivity index (χ4v) is 2.11. The maximum atomic E-state index is 13.1. The normalized spacial score (nSPS) is 11.2. The number of hydrogen-bond acceptors (Lipinski definition) is 3. The summed E-state index contributed by atoms with van der Waals surface area (Å²) >= 11 is 5.73. The van der Waals surface area contributed by atoms with E-state index in [0.717, 1.165) is 5.56 Å². The van der Waals surface area contributed by atoms with Crippen LogP contribution in [0.5, 0.6) is 11.5 Å². The molecule has 0 amide bonds. The summed E-state index contributed by atoms with van der Waals surface area (Å²) < 4.78 is 23.5. The molecule has 2 rings (SSSR count). The Kier molecular flexibility index (Phi) is 5.65.